The minimum Gasteiger partial charge on any atom is -0.457 e. The van der Waals surface area contributed by atoms with Gasteiger partial charge in [-0.2, -0.15) is 10.5 Å². The summed E-state index contributed by atoms with van der Waals surface area (Å²) < 4.78 is 13.9. The van der Waals surface area contributed by atoms with Gasteiger partial charge in [-0.1, -0.05) is 66.7 Å². The van der Waals surface area contributed by atoms with E-state index in [0.29, 0.717) is 11.1 Å². The van der Waals surface area contributed by atoms with Crippen LogP contribution in [0.4, 0.5) is 0 Å². The summed E-state index contributed by atoms with van der Waals surface area (Å²) in [5.74, 6) is 1.50. The molecule has 0 amide bonds. The first-order chi connectivity index (χ1) is 34.1. The number of benzene rings is 7. The number of ether oxygens (including phenoxy) is 1. The average Bonchev–Trinajstić information content (AvgIpc) is 4.12. The van der Waals surface area contributed by atoms with E-state index >= 15 is 0 Å². The number of nitriles is 2. The summed E-state index contributed by atoms with van der Waals surface area (Å²) in [6, 6.07) is 63.4. The Balaban J connectivity index is 0.957. The van der Waals surface area contributed by atoms with Crippen molar-refractivity contribution < 1.29 is 4.74 Å². The van der Waals surface area contributed by atoms with Crippen LogP contribution in [0.1, 0.15) is 33.4 Å². The summed E-state index contributed by atoms with van der Waals surface area (Å²) in [5, 5.41) is 26.3. The van der Waals surface area contributed by atoms with E-state index in [2.05, 4.69) is 152 Å². The van der Waals surface area contributed by atoms with Gasteiger partial charge < -0.3 is 18.4 Å². The van der Waals surface area contributed by atoms with Crippen LogP contribution >= 0.6 is 0 Å². The molecule has 0 saturated heterocycles. The third kappa shape index (κ3) is 4.87. The average molecular weight is 881 g/mol. The maximum absolute atomic E-state index is 9.91. The number of pyridine rings is 3. The van der Waals surface area contributed by atoms with Gasteiger partial charge in [0.05, 0.1) is 91.2 Å². The lowest BCUT2D eigenvalue weighted by Crippen LogP contribution is -2.32. The highest BCUT2D eigenvalue weighted by Gasteiger charge is 2.52. The summed E-state index contributed by atoms with van der Waals surface area (Å²) >= 11 is 0. The smallest absolute Gasteiger partial charge is 0.134 e. The van der Waals surface area contributed by atoms with Crippen LogP contribution in [-0.4, -0.2) is 28.7 Å². The van der Waals surface area contributed by atoms with E-state index in [-0.39, 0.29) is 0 Å². The fourth-order valence-corrected chi connectivity index (χ4v) is 11.8. The molecule has 318 valence electrons. The molecule has 9 nitrogen and oxygen atoms in total. The van der Waals surface area contributed by atoms with Gasteiger partial charge in [-0.05, 0) is 103 Å². The summed E-state index contributed by atoms with van der Waals surface area (Å²) in [6.07, 6.45) is 7.57. The molecule has 0 saturated carbocycles. The van der Waals surface area contributed by atoms with E-state index < -0.39 is 5.41 Å². The molecule has 1 spiro atoms. The van der Waals surface area contributed by atoms with Crippen molar-refractivity contribution in [3.8, 4) is 52.1 Å². The second kappa shape index (κ2) is 13.6. The molecular weight excluding hydrogens is 849 g/mol. The summed E-state index contributed by atoms with van der Waals surface area (Å²) in [4.78, 5) is 14.8. The van der Waals surface area contributed by atoms with Crippen LogP contribution in [0.25, 0.3) is 93.9 Å². The predicted octanol–water partition coefficient (Wildman–Crippen LogP) is 13.4. The van der Waals surface area contributed by atoms with Crippen molar-refractivity contribution in [2.45, 2.75) is 5.41 Å². The van der Waals surface area contributed by atoms with Gasteiger partial charge in [0.15, 0.2) is 0 Å². The number of rotatable bonds is 3. The van der Waals surface area contributed by atoms with Crippen molar-refractivity contribution in [3.05, 3.63) is 228 Å². The van der Waals surface area contributed by atoms with Crippen LogP contribution in [0.15, 0.2) is 195 Å². The van der Waals surface area contributed by atoms with Crippen molar-refractivity contribution in [1.82, 2.24) is 28.7 Å². The largest absolute Gasteiger partial charge is 0.457 e. The Morgan fingerprint density at radius 3 is 1.72 bits per heavy atom. The lowest BCUT2D eigenvalue weighted by molar-refractivity contribution is 0.436. The minimum atomic E-state index is -0.849. The van der Waals surface area contributed by atoms with E-state index in [9.17, 15) is 10.5 Å². The van der Waals surface area contributed by atoms with Gasteiger partial charge in [0.1, 0.15) is 11.5 Å². The van der Waals surface area contributed by atoms with Crippen molar-refractivity contribution in [2.75, 3.05) is 0 Å². The first-order valence-corrected chi connectivity index (χ1v) is 22.8. The lowest BCUT2D eigenvalue weighted by Gasteiger charge is -2.39. The van der Waals surface area contributed by atoms with Crippen LogP contribution in [0.3, 0.4) is 0 Å². The van der Waals surface area contributed by atoms with Crippen molar-refractivity contribution in [2.24, 2.45) is 0 Å². The van der Waals surface area contributed by atoms with Crippen molar-refractivity contribution >= 4 is 65.4 Å². The molecule has 1 aliphatic heterocycles. The second-order valence-electron chi connectivity index (χ2n) is 17.8. The fraction of sp³-hybridized carbons (Fsp3) is 0.0167. The Kier molecular flexibility index (Phi) is 7.38. The van der Waals surface area contributed by atoms with E-state index in [1.165, 1.54) is 10.8 Å². The van der Waals surface area contributed by atoms with Crippen LogP contribution in [0.5, 0.6) is 11.5 Å². The highest BCUT2D eigenvalue weighted by molar-refractivity contribution is 6.13. The Morgan fingerprint density at radius 1 is 0.391 bits per heavy atom. The molecule has 1 atom stereocenters. The molecule has 0 radical (unpaired) electrons. The van der Waals surface area contributed by atoms with E-state index in [1.807, 2.05) is 73.3 Å². The number of hydrogen-bond donors (Lipinski definition) is 0. The monoisotopic (exact) mass is 880 g/mol. The molecule has 9 heteroatoms. The molecule has 15 rings (SSSR count). The highest BCUT2D eigenvalue weighted by Crippen LogP contribution is 2.62. The van der Waals surface area contributed by atoms with Crippen LogP contribution < -0.4 is 4.74 Å². The van der Waals surface area contributed by atoms with Gasteiger partial charge in [0.2, 0.25) is 0 Å². The molecule has 0 fully saturated rings. The summed E-state index contributed by atoms with van der Waals surface area (Å²) in [7, 11) is 0. The van der Waals surface area contributed by atoms with E-state index in [0.717, 1.165) is 117 Å². The number of nitrogens with zero attached hydrogens (tertiary/aromatic N) is 8. The molecule has 1 unspecified atom stereocenters. The van der Waals surface area contributed by atoms with Gasteiger partial charge in [0, 0.05) is 78.8 Å². The van der Waals surface area contributed by atoms with Gasteiger partial charge in [-0.15, -0.1) is 0 Å². The molecule has 6 aromatic heterocycles. The van der Waals surface area contributed by atoms with Crippen molar-refractivity contribution in [3.63, 3.8) is 0 Å². The maximum Gasteiger partial charge on any atom is 0.134 e. The summed E-state index contributed by atoms with van der Waals surface area (Å²) in [5.41, 5.74) is 14.9. The quantitative estimate of drug-likeness (QED) is 0.175. The first-order valence-electron chi connectivity index (χ1n) is 22.8. The zero-order valence-corrected chi connectivity index (χ0v) is 36.5. The van der Waals surface area contributed by atoms with Gasteiger partial charge >= 0.3 is 0 Å². The number of para-hydroxylation sites is 3. The molecule has 1 aliphatic carbocycles. The Labute approximate surface area is 393 Å². The Hall–Kier alpha value is -9.83. The van der Waals surface area contributed by atoms with Gasteiger partial charge in [-0.25, -0.2) is 0 Å². The molecule has 0 bridgehead atoms. The molecular formula is C60H32N8O. The topological polar surface area (TPSA) is 110 Å². The third-order valence-corrected chi connectivity index (χ3v) is 14.5. The highest BCUT2D eigenvalue weighted by atomic mass is 16.5. The predicted molar refractivity (Wildman–Crippen MR) is 270 cm³/mol. The number of fused-ring (bicyclic) bond motifs is 18. The van der Waals surface area contributed by atoms with Crippen LogP contribution in [0, 0.1) is 22.7 Å². The van der Waals surface area contributed by atoms with Crippen molar-refractivity contribution in [1.29, 1.82) is 10.5 Å². The Bertz CT molecular complexity index is 4400. The molecule has 69 heavy (non-hydrogen) atoms. The molecule has 7 aromatic carbocycles. The number of hydrogen-bond acceptors (Lipinski definition) is 6. The first kappa shape index (κ1) is 37.4. The lowest BCUT2D eigenvalue weighted by atomic mass is 9.66. The second-order valence-corrected chi connectivity index (χ2v) is 17.8. The third-order valence-electron chi connectivity index (χ3n) is 14.5. The SMILES string of the molecule is N#Cc1ccc2c(c1)c1cc(C#N)ccc1n2-c1cnc2c(c1)C1(c3ccccc3Oc3cc(-n4c5ccccc5c5cc(-n6c7ccccc7c7ccncc76)ccc54)ccc31)c1cccnc1-2. The van der Waals surface area contributed by atoms with E-state index in [4.69, 9.17) is 14.7 Å². The minimum absolute atomic E-state index is 0.550. The maximum atomic E-state index is 9.91. The number of aromatic nitrogens is 6. The fourth-order valence-electron chi connectivity index (χ4n) is 11.8. The van der Waals surface area contributed by atoms with Crippen LogP contribution in [0.2, 0.25) is 0 Å². The van der Waals surface area contributed by atoms with Crippen LogP contribution in [-0.2, 0) is 5.41 Å². The molecule has 7 heterocycles. The standard InChI is InChI=1S/C60H32N8O/c61-31-35-15-20-52-43(26-35)44-27-36(32-62)16-21-53(44)68(52)39-29-49-59(65-33-39)58-48(11-7-24-64-58)60(49)46-10-3-6-14-56(46)69-57-30-38(17-19-47(57)60)66-51-13-5-2-9-41(51)45-28-37(18-22-54(45)66)67-50-12-4-1-8-40(50)42-23-25-63-34-55(42)67/h1-30,33-34H. The normalized spacial score (nSPS) is 14.5. The van der Waals surface area contributed by atoms with Gasteiger partial charge in [0.25, 0.3) is 0 Å². The van der Waals surface area contributed by atoms with Gasteiger partial charge in [-0.3, -0.25) is 15.0 Å². The summed E-state index contributed by atoms with van der Waals surface area (Å²) in [6.45, 7) is 0. The zero-order valence-electron chi connectivity index (χ0n) is 36.5. The zero-order chi connectivity index (χ0) is 45.5. The molecule has 13 aromatic rings. The Morgan fingerprint density at radius 2 is 0.957 bits per heavy atom. The van der Waals surface area contributed by atoms with E-state index in [1.54, 1.807) is 0 Å². The molecule has 2 aliphatic rings. The molecule has 0 N–H and O–H groups in total.